The second kappa shape index (κ2) is 10.3. The number of allylic oxidation sites excluding steroid dienone is 1. The maximum absolute atomic E-state index is 14.6. The number of hydrogen-bond acceptors (Lipinski definition) is 3. The lowest BCUT2D eigenvalue weighted by molar-refractivity contribution is 0.262. The highest BCUT2D eigenvalue weighted by atomic mass is 79.9. The molecule has 1 heterocycles. The lowest BCUT2D eigenvalue weighted by atomic mass is 10.0. The van der Waals surface area contributed by atoms with E-state index in [1.807, 2.05) is 19.1 Å². The number of aromatic nitrogens is 1. The smallest absolute Gasteiger partial charge is 0.323 e. The van der Waals surface area contributed by atoms with E-state index >= 15 is 0 Å². The molecule has 0 radical (unpaired) electrons. The Morgan fingerprint density at radius 3 is 2.45 bits per heavy atom. The third-order valence-electron chi connectivity index (χ3n) is 5.06. The Hall–Kier alpha value is -3.65. The minimum atomic E-state index is -0.636. The number of anilines is 2. The summed E-state index contributed by atoms with van der Waals surface area (Å²) in [6, 6.07) is 12.6. The lowest BCUT2D eigenvalue weighted by Gasteiger charge is -2.13. The summed E-state index contributed by atoms with van der Waals surface area (Å²) in [4.78, 5) is 25.6. The molecule has 0 saturated heterocycles. The van der Waals surface area contributed by atoms with Crippen LogP contribution < -0.4 is 32.1 Å². The molecule has 3 rings (SSSR count). The zero-order chi connectivity index (χ0) is 24.1. The maximum Gasteiger partial charge on any atom is 0.323 e. The van der Waals surface area contributed by atoms with Crippen molar-refractivity contribution in [1.29, 1.82) is 0 Å². The molecule has 0 aliphatic carbocycles. The largest absolute Gasteiger partial charge is 0.389 e. The van der Waals surface area contributed by atoms with Crippen LogP contribution in [0.2, 0.25) is 0 Å². The van der Waals surface area contributed by atoms with Crippen molar-refractivity contribution < 1.29 is 9.18 Å². The van der Waals surface area contributed by atoms with Crippen LogP contribution in [0.25, 0.3) is 23.3 Å². The molecule has 170 valence electrons. The molecule has 33 heavy (non-hydrogen) atoms. The van der Waals surface area contributed by atoms with Gasteiger partial charge in [0.1, 0.15) is 5.82 Å². The number of hydrogen-bond donors (Lipinski definition) is 3. The second-order valence-corrected chi connectivity index (χ2v) is 8.08. The monoisotopic (exact) mass is 510 g/mol. The molecule has 2 aromatic carbocycles. The predicted octanol–water partition coefficient (Wildman–Crippen LogP) is 3.91. The predicted molar refractivity (Wildman–Crippen MR) is 136 cm³/mol. The summed E-state index contributed by atoms with van der Waals surface area (Å²) >= 11 is 3.35. The second-order valence-electron chi connectivity index (χ2n) is 7.23. The van der Waals surface area contributed by atoms with E-state index in [9.17, 15) is 14.0 Å². The van der Waals surface area contributed by atoms with Crippen molar-refractivity contribution in [2.24, 2.45) is 7.05 Å². The molecule has 0 aliphatic heterocycles. The average molecular weight is 511 g/mol. The molecule has 0 unspecified atom stereocenters. The van der Waals surface area contributed by atoms with Gasteiger partial charge in [0.05, 0.1) is 11.0 Å². The Labute approximate surface area is 199 Å². The SMILES string of the molecule is C=C(/C=c1\c(=C/C)cc(-c2cc(NC(=O)Nc3ccccc3)c(F)cc2Br)c(=O)n1C)NC. The standard InChI is InChI=1S/C25H24BrFN4O2/c1-5-16-12-19(24(32)31(4)23(16)11-15(2)28-3)18-13-22(21(27)14-20(18)26)30-25(33)29-17-9-7-6-8-10-17/h5-14,28H,2H2,1,3-4H3,(H2,29,30,33)/b16-5-,23-11+. The highest BCUT2D eigenvalue weighted by molar-refractivity contribution is 9.10. The number of amides is 2. The first-order chi connectivity index (χ1) is 15.7. The fourth-order valence-corrected chi connectivity index (χ4v) is 3.80. The molecule has 3 N–H and O–H groups in total. The van der Waals surface area contributed by atoms with Gasteiger partial charge in [0.15, 0.2) is 0 Å². The van der Waals surface area contributed by atoms with Gasteiger partial charge in [-0.1, -0.05) is 46.8 Å². The number of urea groups is 1. The number of para-hydroxylation sites is 1. The van der Waals surface area contributed by atoms with Crippen LogP contribution in [0.3, 0.4) is 0 Å². The molecule has 0 aliphatic rings. The number of pyridine rings is 1. The highest BCUT2D eigenvalue weighted by Gasteiger charge is 2.16. The number of rotatable bonds is 5. The quantitative estimate of drug-likeness (QED) is 0.487. The molecule has 6 nitrogen and oxygen atoms in total. The van der Waals surface area contributed by atoms with E-state index < -0.39 is 11.8 Å². The summed E-state index contributed by atoms with van der Waals surface area (Å²) in [7, 11) is 3.41. The van der Waals surface area contributed by atoms with Gasteiger partial charge in [-0.2, -0.15) is 0 Å². The van der Waals surface area contributed by atoms with Crippen LogP contribution in [0.15, 0.2) is 70.1 Å². The normalized spacial score (nSPS) is 11.9. The summed E-state index contributed by atoms with van der Waals surface area (Å²) in [6.07, 6.45) is 3.66. The van der Waals surface area contributed by atoms with Gasteiger partial charge in [-0.3, -0.25) is 4.79 Å². The first kappa shape index (κ1) is 24.0. The van der Waals surface area contributed by atoms with E-state index in [-0.39, 0.29) is 11.2 Å². The minimum absolute atomic E-state index is 0.0510. The number of benzene rings is 2. The summed E-state index contributed by atoms with van der Waals surface area (Å²) in [6.45, 7) is 5.76. The van der Waals surface area contributed by atoms with Gasteiger partial charge < -0.3 is 20.5 Å². The third kappa shape index (κ3) is 5.40. The average Bonchev–Trinajstić information content (AvgIpc) is 2.79. The zero-order valence-electron chi connectivity index (χ0n) is 18.5. The lowest BCUT2D eigenvalue weighted by Crippen LogP contribution is -2.42. The molecule has 0 fully saturated rings. The van der Waals surface area contributed by atoms with Gasteiger partial charge in [0, 0.05) is 41.1 Å². The van der Waals surface area contributed by atoms with Crippen LogP contribution in [-0.4, -0.2) is 17.6 Å². The topological polar surface area (TPSA) is 75.2 Å². The number of carbonyl (C=O) groups excluding carboxylic acids is 1. The van der Waals surface area contributed by atoms with Crippen molar-refractivity contribution in [3.63, 3.8) is 0 Å². The van der Waals surface area contributed by atoms with Crippen molar-refractivity contribution >= 4 is 45.5 Å². The third-order valence-corrected chi connectivity index (χ3v) is 5.72. The molecule has 0 atom stereocenters. The summed E-state index contributed by atoms with van der Waals surface area (Å²) < 4.78 is 16.5. The van der Waals surface area contributed by atoms with Crippen molar-refractivity contribution in [3.8, 4) is 11.1 Å². The van der Waals surface area contributed by atoms with E-state index in [1.165, 1.54) is 16.7 Å². The molecule has 2 amide bonds. The summed E-state index contributed by atoms with van der Waals surface area (Å²) in [5, 5.41) is 9.59. The van der Waals surface area contributed by atoms with E-state index in [2.05, 4.69) is 38.5 Å². The Bertz CT molecular complexity index is 1400. The first-order valence-corrected chi connectivity index (χ1v) is 10.9. The fraction of sp³-hybridized carbons (Fsp3) is 0.120. The zero-order valence-corrected chi connectivity index (χ0v) is 20.1. The van der Waals surface area contributed by atoms with Crippen LogP contribution in [-0.2, 0) is 7.05 Å². The van der Waals surface area contributed by atoms with Crippen LogP contribution in [0.5, 0.6) is 0 Å². The molecular weight excluding hydrogens is 487 g/mol. The molecule has 0 saturated carbocycles. The molecule has 0 spiro atoms. The van der Waals surface area contributed by atoms with Crippen LogP contribution >= 0.6 is 15.9 Å². The van der Waals surface area contributed by atoms with E-state index in [4.69, 9.17) is 0 Å². The van der Waals surface area contributed by atoms with Crippen LogP contribution in [0, 0.1) is 5.82 Å². The van der Waals surface area contributed by atoms with Crippen LogP contribution in [0.4, 0.5) is 20.6 Å². The van der Waals surface area contributed by atoms with Crippen molar-refractivity contribution in [3.05, 3.63) is 92.0 Å². The molecule has 1 aromatic heterocycles. The van der Waals surface area contributed by atoms with Crippen LogP contribution in [0.1, 0.15) is 6.92 Å². The van der Waals surface area contributed by atoms with E-state index in [1.54, 1.807) is 50.5 Å². The number of nitrogens with zero attached hydrogens (tertiary/aromatic N) is 1. The van der Waals surface area contributed by atoms with Crippen molar-refractivity contribution in [2.45, 2.75) is 6.92 Å². The summed E-state index contributed by atoms with van der Waals surface area (Å²) in [5.41, 5.74) is 1.71. The van der Waals surface area contributed by atoms with Crippen molar-refractivity contribution in [1.82, 2.24) is 9.88 Å². The number of halogens is 2. The van der Waals surface area contributed by atoms with Gasteiger partial charge in [0.25, 0.3) is 5.56 Å². The van der Waals surface area contributed by atoms with Gasteiger partial charge in [-0.15, -0.1) is 0 Å². The fourth-order valence-electron chi connectivity index (χ4n) is 3.27. The Kier molecular flexibility index (Phi) is 7.50. The number of carbonyl (C=O) groups is 1. The van der Waals surface area contributed by atoms with Gasteiger partial charge in [-0.25, -0.2) is 9.18 Å². The molecule has 8 heteroatoms. The molecular formula is C25H24BrFN4O2. The van der Waals surface area contributed by atoms with Gasteiger partial charge in [-0.05, 0) is 48.6 Å². The Balaban J connectivity index is 2.08. The van der Waals surface area contributed by atoms with E-state index in [0.717, 1.165) is 5.22 Å². The molecule has 3 aromatic rings. The molecule has 0 bridgehead atoms. The minimum Gasteiger partial charge on any atom is -0.389 e. The van der Waals surface area contributed by atoms with Gasteiger partial charge in [0.2, 0.25) is 0 Å². The number of nitrogens with one attached hydrogen (secondary N) is 3. The first-order valence-electron chi connectivity index (χ1n) is 10.1. The highest BCUT2D eigenvalue weighted by Crippen LogP contribution is 2.31. The van der Waals surface area contributed by atoms with Gasteiger partial charge >= 0.3 is 6.03 Å². The van der Waals surface area contributed by atoms with E-state index in [0.29, 0.717) is 32.3 Å². The Morgan fingerprint density at radius 2 is 1.82 bits per heavy atom. The maximum atomic E-state index is 14.6. The summed E-state index contributed by atoms with van der Waals surface area (Å²) in [5.74, 6) is -0.636. The Morgan fingerprint density at radius 1 is 1.12 bits per heavy atom. The van der Waals surface area contributed by atoms with Crippen molar-refractivity contribution in [2.75, 3.05) is 17.7 Å².